The zero-order valence-electron chi connectivity index (χ0n) is 7.88. The van der Waals surface area contributed by atoms with Crippen molar-refractivity contribution in [3.63, 3.8) is 0 Å². The van der Waals surface area contributed by atoms with Crippen LogP contribution in [0.5, 0.6) is 0 Å². The number of aryl methyl sites for hydroxylation is 1. The van der Waals surface area contributed by atoms with Crippen LogP contribution in [-0.4, -0.2) is 22.0 Å². The maximum Gasteiger partial charge on any atom is 0.151 e. The number of rotatable bonds is 3. The molecule has 0 unspecified atom stereocenters. The van der Waals surface area contributed by atoms with Crippen molar-refractivity contribution in [1.82, 2.24) is 9.97 Å². The molecule has 0 saturated heterocycles. The topological polar surface area (TPSA) is 28.7 Å². The number of nitrogens with one attached hydrogen (secondary N) is 1. The van der Waals surface area contributed by atoms with Crippen LogP contribution in [0.4, 0.5) is 4.39 Å². The maximum atomic E-state index is 13.2. The predicted octanol–water partition coefficient (Wildman–Crippen LogP) is 2.61. The second-order valence-electron chi connectivity index (χ2n) is 3.06. The van der Waals surface area contributed by atoms with Crippen LogP contribution in [-0.2, 0) is 6.42 Å². The predicted molar refractivity (Wildman–Crippen MR) is 58.1 cm³/mol. The zero-order chi connectivity index (χ0) is 9.97. The highest BCUT2D eigenvalue weighted by Gasteiger charge is 2.05. The molecule has 74 valence electrons. The summed E-state index contributed by atoms with van der Waals surface area (Å²) in [5, 5.41) is 0. The van der Waals surface area contributed by atoms with Gasteiger partial charge in [0.15, 0.2) is 5.82 Å². The molecular formula is C10H11FN2S. The summed E-state index contributed by atoms with van der Waals surface area (Å²) < 4.78 is 13.2. The van der Waals surface area contributed by atoms with Gasteiger partial charge in [-0.1, -0.05) is 6.07 Å². The van der Waals surface area contributed by atoms with Crippen molar-refractivity contribution >= 4 is 22.8 Å². The number of benzene rings is 1. The number of aromatic nitrogens is 2. The van der Waals surface area contributed by atoms with Crippen molar-refractivity contribution in [2.45, 2.75) is 6.42 Å². The number of fused-ring (bicyclic) bond motifs is 1. The van der Waals surface area contributed by atoms with Crippen LogP contribution in [0.2, 0.25) is 0 Å². The molecule has 14 heavy (non-hydrogen) atoms. The Balaban J connectivity index is 2.36. The van der Waals surface area contributed by atoms with Gasteiger partial charge in [-0.15, -0.1) is 0 Å². The molecule has 1 N–H and O–H groups in total. The van der Waals surface area contributed by atoms with Gasteiger partial charge in [-0.25, -0.2) is 9.37 Å². The third-order valence-electron chi connectivity index (χ3n) is 2.06. The quantitative estimate of drug-likeness (QED) is 0.843. The molecule has 0 aliphatic carbocycles. The average molecular weight is 210 g/mol. The van der Waals surface area contributed by atoms with Crippen LogP contribution in [0.1, 0.15) is 5.82 Å². The summed E-state index contributed by atoms with van der Waals surface area (Å²) in [5.41, 5.74) is 1.23. The highest BCUT2D eigenvalue weighted by molar-refractivity contribution is 7.98. The smallest absolute Gasteiger partial charge is 0.151 e. The summed E-state index contributed by atoms with van der Waals surface area (Å²) in [6, 6.07) is 4.96. The molecule has 0 spiro atoms. The number of nitrogens with zero attached hydrogens (tertiary/aromatic N) is 1. The summed E-state index contributed by atoms with van der Waals surface area (Å²) in [5.74, 6) is 1.61. The van der Waals surface area contributed by atoms with Gasteiger partial charge >= 0.3 is 0 Å². The third kappa shape index (κ3) is 1.75. The molecule has 1 heterocycles. The van der Waals surface area contributed by atoms with Gasteiger partial charge in [0.2, 0.25) is 0 Å². The Kier molecular flexibility index (Phi) is 2.72. The van der Waals surface area contributed by atoms with Gasteiger partial charge in [-0.05, 0) is 18.4 Å². The van der Waals surface area contributed by atoms with Crippen molar-refractivity contribution in [2.24, 2.45) is 0 Å². The number of hydrogen-bond acceptors (Lipinski definition) is 2. The lowest BCUT2D eigenvalue weighted by Gasteiger charge is -1.90. The molecule has 0 saturated carbocycles. The summed E-state index contributed by atoms with van der Waals surface area (Å²) >= 11 is 1.76. The molecule has 0 aliphatic rings. The van der Waals surface area contributed by atoms with Crippen LogP contribution in [0.3, 0.4) is 0 Å². The van der Waals surface area contributed by atoms with E-state index in [1.54, 1.807) is 17.8 Å². The molecule has 0 fully saturated rings. The van der Waals surface area contributed by atoms with Gasteiger partial charge in [0.25, 0.3) is 0 Å². The number of thioether (sulfide) groups is 1. The number of para-hydroxylation sites is 1. The molecule has 2 rings (SSSR count). The number of hydrogen-bond donors (Lipinski definition) is 1. The van der Waals surface area contributed by atoms with Gasteiger partial charge in [0.1, 0.15) is 11.3 Å². The molecule has 0 amide bonds. The van der Waals surface area contributed by atoms with Crippen molar-refractivity contribution in [3.8, 4) is 0 Å². The zero-order valence-corrected chi connectivity index (χ0v) is 8.70. The Morgan fingerprint density at radius 3 is 3.07 bits per heavy atom. The van der Waals surface area contributed by atoms with Crippen LogP contribution in [0.25, 0.3) is 11.0 Å². The lowest BCUT2D eigenvalue weighted by molar-refractivity contribution is 0.637. The fourth-order valence-electron chi connectivity index (χ4n) is 1.37. The van der Waals surface area contributed by atoms with Crippen molar-refractivity contribution < 1.29 is 4.39 Å². The minimum Gasteiger partial charge on any atom is -0.342 e. The number of aromatic amines is 1. The first kappa shape index (κ1) is 9.52. The van der Waals surface area contributed by atoms with Crippen molar-refractivity contribution in [1.29, 1.82) is 0 Å². The molecule has 0 atom stereocenters. The normalized spacial score (nSPS) is 11.0. The van der Waals surface area contributed by atoms with E-state index < -0.39 is 0 Å². The van der Waals surface area contributed by atoms with E-state index in [-0.39, 0.29) is 5.82 Å². The largest absolute Gasteiger partial charge is 0.342 e. The van der Waals surface area contributed by atoms with E-state index >= 15 is 0 Å². The van der Waals surface area contributed by atoms with Gasteiger partial charge in [-0.3, -0.25) is 0 Å². The molecule has 0 radical (unpaired) electrons. The van der Waals surface area contributed by atoms with Crippen molar-refractivity contribution in [3.05, 3.63) is 29.8 Å². The highest BCUT2D eigenvalue weighted by atomic mass is 32.2. The number of imidazole rings is 1. The summed E-state index contributed by atoms with van der Waals surface area (Å²) in [6.45, 7) is 0. The summed E-state index contributed by atoms with van der Waals surface area (Å²) in [6.07, 6.45) is 2.90. The van der Waals surface area contributed by atoms with E-state index in [0.717, 1.165) is 23.5 Å². The van der Waals surface area contributed by atoms with Crippen LogP contribution in [0, 0.1) is 5.82 Å². The van der Waals surface area contributed by atoms with Crippen LogP contribution >= 0.6 is 11.8 Å². The third-order valence-corrected chi connectivity index (χ3v) is 2.67. The molecule has 1 aromatic carbocycles. The molecule has 1 aromatic heterocycles. The van der Waals surface area contributed by atoms with Gasteiger partial charge in [-0.2, -0.15) is 11.8 Å². The van der Waals surface area contributed by atoms with Gasteiger partial charge < -0.3 is 4.98 Å². The molecule has 0 aliphatic heterocycles. The fourth-order valence-corrected chi connectivity index (χ4v) is 1.76. The summed E-state index contributed by atoms with van der Waals surface area (Å²) in [7, 11) is 0. The van der Waals surface area contributed by atoms with Crippen molar-refractivity contribution in [2.75, 3.05) is 12.0 Å². The van der Waals surface area contributed by atoms with Gasteiger partial charge in [0.05, 0.1) is 5.52 Å². The van der Waals surface area contributed by atoms with Crippen LogP contribution < -0.4 is 0 Å². The summed E-state index contributed by atoms with van der Waals surface area (Å²) in [4.78, 5) is 7.31. The SMILES string of the molecule is CSCCc1nc2c(F)cccc2[nH]1. The Bertz CT molecular complexity index is 439. The molecular weight excluding hydrogens is 199 g/mol. The standard InChI is InChI=1S/C10H11FN2S/c1-14-6-5-9-12-8-4-2-3-7(11)10(8)13-9/h2-4H,5-6H2,1H3,(H,12,13). The van der Waals surface area contributed by atoms with E-state index in [1.165, 1.54) is 6.07 Å². The first-order valence-corrected chi connectivity index (χ1v) is 5.82. The monoisotopic (exact) mass is 210 g/mol. The molecule has 2 aromatic rings. The lowest BCUT2D eigenvalue weighted by atomic mass is 10.3. The maximum absolute atomic E-state index is 13.2. The van der Waals surface area contributed by atoms with E-state index in [4.69, 9.17) is 0 Å². The molecule has 4 heteroatoms. The highest BCUT2D eigenvalue weighted by Crippen LogP contribution is 2.15. The Morgan fingerprint density at radius 1 is 1.50 bits per heavy atom. The second-order valence-corrected chi connectivity index (χ2v) is 4.05. The first-order chi connectivity index (χ1) is 6.81. The van der Waals surface area contributed by atoms with E-state index in [2.05, 4.69) is 9.97 Å². The van der Waals surface area contributed by atoms with E-state index in [9.17, 15) is 4.39 Å². The van der Waals surface area contributed by atoms with Crippen LogP contribution in [0.15, 0.2) is 18.2 Å². The van der Waals surface area contributed by atoms with E-state index in [1.807, 2.05) is 12.3 Å². The Hall–Kier alpha value is -1.03. The number of halogens is 1. The first-order valence-electron chi connectivity index (χ1n) is 4.43. The minimum atomic E-state index is -0.255. The van der Waals surface area contributed by atoms with E-state index in [0.29, 0.717) is 5.52 Å². The Morgan fingerprint density at radius 2 is 2.36 bits per heavy atom. The van der Waals surface area contributed by atoms with Gasteiger partial charge in [0, 0.05) is 12.2 Å². The lowest BCUT2D eigenvalue weighted by Crippen LogP contribution is -1.89. The average Bonchev–Trinajstić information content (AvgIpc) is 2.59. The molecule has 2 nitrogen and oxygen atoms in total. The molecule has 0 bridgehead atoms. The minimum absolute atomic E-state index is 0.255. The second kappa shape index (κ2) is 4.00. The number of H-pyrrole nitrogens is 1. The Labute approximate surface area is 85.9 Å². The fraction of sp³-hybridized carbons (Fsp3) is 0.300.